The summed E-state index contributed by atoms with van der Waals surface area (Å²) in [6.07, 6.45) is 4.19. The molecule has 1 saturated carbocycles. The Morgan fingerprint density at radius 2 is 1.96 bits per heavy atom. The number of benzene rings is 1. The molecule has 7 nitrogen and oxygen atoms in total. The van der Waals surface area contributed by atoms with Crippen LogP contribution in [0, 0.1) is 0 Å². The van der Waals surface area contributed by atoms with Gasteiger partial charge in [-0.15, -0.1) is 0 Å². The summed E-state index contributed by atoms with van der Waals surface area (Å²) in [6.45, 7) is 3.50. The number of anilines is 1. The lowest BCUT2D eigenvalue weighted by molar-refractivity contribution is -0.136. The minimum absolute atomic E-state index is 0.127. The van der Waals surface area contributed by atoms with Crippen molar-refractivity contribution in [2.24, 2.45) is 0 Å². The Morgan fingerprint density at radius 1 is 1.15 bits per heavy atom. The lowest BCUT2D eigenvalue weighted by atomic mass is 10.0. The maximum Gasteiger partial charge on any atom is 0.255 e. The zero-order valence-corrected chi connectivity index (χ0v) is 15.6. The van der Waals surface area contributed by atoms with Gasteiger partial charge in [-0.05, 0) is 56.0 Å². The van der Waals surface area contributed by atoms with Crippen LogP contribution in [0.2, 0.25) is 0 Å². The van der Waals surface area contributed by atoms with Crippen molar-refractivity contribution in [1.29, 1.82) is 0 Å². The first-order chi connectivity index (χ1) is 13.1. The predicted octanol–water partition coefficient (Wildman–Crippen LogP) is 1.39. The van der Waals surface area contributed by atoms with Crippen LogP contribution in [0.25, 0.3) is 0 Å². The molecule has 2 aliphatic heterocycles. The molecule has 4 rings (SSSR count). The second kappa shape index (κ2) is 7.31. The minimum atomic E-state index is -0.563. The average molecular weight is 370 g/mol. The first-order valence-corrected chi connectivity index (χ1v) is 9.84. The Kier molecular flexibility index (Phi) is 4.86. The average Bonchev–Trinajstić information content (AvgIpc) is 3.20. The van der Waals surface area contributed by atoms with Crippen LogP contribution in [-0.2, 0) is 16.1 Å². The third-order valence-corrected chi connectivity index (χ3v) is 5.86. The van der Waals surface area contributed by atoms with Gasteiger partial charge in [0.15, 0.2) is 0 Å². The van der Waals surface area contributed by atoms with Crippen molar-refractivity contribution in [1.82, 2.24) is 15.5 Å². The number of piperidine rings is 1. The number of hydrogen-bond acceptors (Lipinski definition) is 5. The standard InChI is InChI=1S/C20H26N4O3/c1-2-21-15-4-3-5-16(15)22-13-6-7-14-12(10-13)11-24(20(14)27)17-8-9-18(25)23-19(17)26/h6-7,10,15-17,21-22H,2-5,8-9,11H2,1H3,(H,23,25,26)/t15-,16+,17?/m1/s1. The molecule has 1 aromatic carbocycles. The van der Waals surface area contributed by atoms with Gasteiger partial charge in [0.2, 0.25) is 11.8 Å². The van der Waals surface area contributed by atoms with E-state index in [1.54, 1.807) is 4.90 Å². The molecule has 1 aliphatic carbocycles. The molecular formula is C20H26N4O3. The lowest BCUT2D eigenvalue weighted by Crippen LogP contribution is -2.52. The van der Waals surface area contributed by atoms with Crippen LogP contribution in [-0.4, -0.2) is 47.3 Å². The van der Waals surface area contributed by atoms with E-state index in [-0.39, 0.29) is 24.1 Å². The molecule has 0 spiro atoms. The molecule has 2 heterocycles. The number of rotatable bonds is 5. The SMILES string of the molecule is CCN[C@@H]1CCC[C@@H]1Nc1ccc2c(c1)CN(C1CCC(=O)NC1=O)C2=O. The number of hydrogen-bond donors (Lipinski definition) is 3. The molecule has 3 atom stereocenters. The maximum absolute atomic E-state index is 12.7. The molecule has 3 N–H and O–H groups in total. The van der Waals surface area contributed by atoms with Gasteiger partial charge in [0, 0.05) is 36.3 Å². The summed E-state index contributed by atoms with van der Waals surface area (Å²) in [5, 5.41) is 9.49. The summed E-state index contributed by atoms with van der Waals surface area (Å²) in [7, 11) is 0. The second-order valence-electron chi connectivity index (χ2n) is 7.62. The Morgan fingerprint density at radius 3 is 2.74 bits per heavy atom. The summed E-state index contributed by atoms with van der Waals surface area (Å²) in [5.74, 6) is -0.763. The summed E-state index contributed by atoms with van der Waals surface area (Å²) < 4.78 is 0. The van der Waals surface area contributed by atoms with Crippen molar-refractivity contribution in [2.75, 3.05) is 11.9 Å². The molecule has 1 saturated heterocycles. The highest BCUT2D eigenvalue weighted by Gasteiger charge is 2.39. The smallest absolute Gasteiger partial charge is 0.255 e. The van der Waals surface area contributed by atoms with E-state index >= 15 is 0 Å². The highest BCUT2D eigenvalue weighted by atomic mass is 16.2. The monoisotopic (exact) mass is 370 g/mol. The van der Waals surface area contributed by atoms with Crippen molar-refractivity contribution in [3.63, 3.8) is 0 Å². The number of carbonyl (C=O) groups excluding carboxylic acids is 3. The van der Waals surface area contributed by atoms with Crippen LogP contribution < -0.4 is 16.0 Å². The summed E-state index contributed by atoms with van der Waals surface area (Å²) in [4.78, 5) is 37.8. The van der Waals surface area contributed by atoms with E-state index in [2.05, 4.69) is 22.9 Å². The number of amides is 3. The normalized spacial score (nSPS) is 27.7. The Labute approximate surface area is 158 Å². The molecule has 7 heteroatoms. The van der Waals surface area contributed by atoms with Gasteiger partial charge in [-0.2, -0.15) is 0 Å². The quantitative estimate of drug-likeness (QED) is 0.682. The molecular weight excluding hydrogens is 344 g/mol. The Balaban J connectivity index is 1.48. The number of imide groups is 1. The third kappa shape index (κ3) is 3.43. The van der Waals surface area contributed by atoms with Gasteiger partial charge in [0.1, 0.15) is 6.04 Å². The van der Waals surface area contributed by atoms with Gasteiger partial charge in [-0.25, -0.2) is 0 Å². The van der Waals surface area contributed by atoms with E-state index in [9.17, 15) is 14.4 Å². The van der Waals surface area contributed by atoms with Gasteiger partial charge >= 0.3 is 0 Å². The van der Waals surface area contributed by atoms with Gasteiger partial charge in [0.05, 0.1) is 0 Å². The van der Waals surface area contributed by atoms with Crippen LogP contribution in [0.15, 0.2) is 18.2 Å². The Bertz CT molecular complexity index is 778. The molecule has 0 bridgehead atoms. The second-order valence-corrected chi connectivity index (χ2v) is 7.62. The van der Waals surface area contributed by atoms with Crippen LogP contribution >= 0.6 is 0 Å². The van der Waals surface area contributed by atoms with Crippen molar-refractivity contribution >= 4 is 23.4 Å². The van der Waals surface area contributed by atoms with Crippen molar-refractivity contribution in [3.8, 4) is 0 Å². The van der Waals surface area contributed by atoms with E-state index in [4.69, 9.17) is 0 Å². The summed E-state index contributed by atoms with van der Waals surface area (Å²) in [5.41, 5.74) is 2.61. The highest BCUT2D eigenvalue weighted by Crippen LogP contribution is 2.31. The Hall–Kier alpha value is -2.41. The largest absolute Gasteiger partial charge is 0.381 e. The van der Waals surface area contributed by atoms with E-state index in [1.165, 1.54) is 12.8 Å². The van der Waals surface area contributed by atoms with Crippen molar-refractivity contribution in [2.45, 2.75) is 63.7 Å². The van der Waals surface area contributed by atoms with Gasteiger partial charge in [-0.1, -0.05) is 6.92 Å². The van der Waals surface area contributed by atoms with Crippen molar-refractivity contribution in [3.05, 3.63) is 29.3 Å². The predicted molar refractivity (Wildman–Crippen MR) is 101 cm³/mol. The number of nitrogens with one attached hydrogen (secondary N) is 3. The molecule has 0 radical (unpaired) electrons. The molecule has 1 unspecified atom stereocenters. The maximum atomic E-state index is 12.7. The number of nitrogens with zero attached hydrogens (tertiary/aromatic N) is 1. The fourth-order valence-corrected chi connectivity index (χ4v) is 4.52. The van der Waals surface area contributed by atoms with Crippen LogP contribution in [0.3, 0.4) is 0 Å². The minimum Gasteiger partial charge on any atom is -0.381 e. The molecule has 3 aliphatic rings. The highest BCUT2D eigenvalue weighted by molar-refractivity contribution is 6.05. The molecule has 27 heavy (non-hydrogen) atoms. The van der Waals surface area contributed by atoms with Crippen LogP contribution in [0.5, 0.6) is 0 Å². The fraction of sp³-hybridized carbons (Fsp3) is 0.550. The van der Waals surface area contributed by atoms with E-state index in [0.717, 1.165) is 24.2 Å². The first-order valence-electron chi connectivity index (χ1n) is 9.84. The molecule has 144 valence electrons. The molecule has 0 aromatic heterocycles. The molecule has 1 aromatic rings. The van der Waals surface area contributed by atoms with Gasteiger partial charge in [-0.3, -0.25) is 19.7 Å². The van der Waals surface area contributed by atoms with Gasteiger partial charge < -0.3 is 15.5 Å². The zero-order chi connectivity index (χ0) is 19.0. The molecule has 3 amide bonds. The topological polar surface area (TPSA) is 90.5 Å². The molecule has 2 fully saturated rings. The van der Waals surface area contributed by atoms with Crippen molar-refractivity contribution < 1.29 is 14.4 Å². The van der Waals surface area contributed by atoms with Crippen LogP contribution in [0.4, 0.5) is 5.69 Å². The van der Waals surface area contributed by atoms with Gasteiger partial charge in [0.25, 0.3) is 5.91 Å². The zero-order valence-electron chi connectivity index (χ0n) is 15.6. The number of likely N-dealkylation sites (N-methyl/N-ethyl adjacent to an activating group) is 1. The summed E-state index contributed by atoms with van der Waals surface area (Å²) >= 11 is 0. The third-order valence-electron chi connectivity index (χ3n) is 5.86. The summed E-state index contributed by atoms with van der Waals surface area (Å²) in [6, 6.07) is 6.14. The lowest BCUT2D eigenvalue weighted by Gasteiger charge is -2.29. The van der Waals surface area contributed by atoms with E-state index in [1.807, 2.05) is 18.2 Å². The number of carbonyl (C=O) groups is 3. The fourth-order valence-electron chi connectivity index (χ4n) is 4.52. The number of fused-ring (bicyclic) bond motifs is 1. The van der Waals surface area contributed by atoms with E-state index in [0.29, 0.717) is 30.6 Å². The van der Waals surface area contributed by atoms with Crippen LogP contribution in [0.1, 0.15) is 54.9 Å². The first kappa shape index (κ1) is 18.0. The van der Waals surface area contributed by atoms with E-state index < -0.39 is 6.04 Å².